The summed E-state index contributed by atoms with van der Waals surface area (Å²) >= 11 is 0. The molecule has 102 valence electrons. The molecule has 2 rings (SSSR count). The lowest BCUT2D eigenvalue weighted by atomic mass is 10.3. The van der Waals surface area contributed by atoms with Crippen LogP contribution in [0.3, 0.4) is 0 Å². The quantitative estimate of drug-likeness (QED) is 0.656. The van der Waals surface area contributed by atoms with Crippen molar-refractivity contribution >= 4 is 15.7 Å². The zero-order valence-corrected chi connectivity index (χ0v) is 11.2. The van der Waals surface area contributed by atoms with Crippen molar-refractivity contribution in [1.29, 1.82) is 0 Å². The molecule has 0 bridgehead atoms. The lowest BCUT2D eigenvalue weighted by Gasteiger charge is -2.19. The van der Waals surface area contributed by atoms with E-state index < -0.39 is 15.8 Å². The maximum absolute atomic E-state index is 13.1. The van der Waals surface area contributed by atoms with Gasteiger partial charge in [-0.2, -0.15) is 4.31 Å². The van der Waals surface area contributed by atoms with Crippen molar-refractivity contribution < 1.29 is 12.8 Å². The Morgan fingerprint density at radius 3 is 2.68 bits per heavy atom. The first-order chi connectivity index (χ1) is 8.95. The van der Waals surface area contributed by atoms with E-state index in [4.69, 9.17) is 12.2 Å². The summed E-state index contributed by atoms with van der Waals surface area (Å²) in [6, 6.07) is 3.38. The van der Waals surface area contributed by atoms with Crippen LogP contribution in [-0.4, -0.2) is 25.8 Å². The summed E-state index contributed by atoms with van der Waals surface area (Å²) in [4.78, 5) is -0.0256. The Labute approximate surface area is 112 Å². The Morgan fingerprint density at radius 2 is 2.16 bits per heavy atom. The number of nitrogens with zero attached hydrogens (tertiary/aromatic N) is 1. The minimum absolute atomic E-state index is 0.0100. The number of rotatable bonds is 5. The molecule has 0 aliphatic heterocycles. The average Bonchev–Trinajstić information content (AvgIpc) is 3.16. The molecule has 0 saturated heterocycles. The van der Waals surface area contributed by atoms with Crippen molar-refractivity contribution in [3.05, 3.63) is 24.0 Å². The van der Waals surface area contributed by atoms with Crippen LogP contribution in [0.1, 0.15) is 12.8 Å². The minimum atomic E-state index is -3.71. The van der Waals surface area contributed by atoms with E-state index in [2.05, 4.69) is 5.92 Å². The van der Waals surface area contributed by atoms with Crippen LogP contribution in [0, 0.1) is 24.1 Å². The molecule has 6 heteroatoms. The van der Waals surface area contributed by atoms with Crippen molar-refractivity contribution in [1.82, 2.24) is 4.31 Å². The predicted molar refractivity (Wildman–Crippen MR) is 71.1 cm³/mol. The molecule has 0 aromatic heterocycles. The third-order valence-electron chi connectivity index (χ3n) is 3.03. The fourth-order valence-corrected chi connectivity index (χ4v) is 3.23. The van der Waals surface area contributed by atoms with Crippen LogP contribution in [0.2, 0.25) is 0 Å². The zero-order chi connectivity index (χ0) is 14.0. The summed E-state index contributed by atoms with van der Waals surface area (Å²) in [5, 5.41) is 0. The first kappa shape index (κ1) is 13.8. The van der Waals surface area contributed by atoms with E-state index in [1.165, 1.54) is 10.4 Å². The van der Waals surface area contributed by atoms with E-state index in [1.807, 2.05) is 0 Å². The van der Waals surface area contributed by atoms with Crippen molar-refractivity contribution in [2.75, 3.05) is 18.8 Å². The molecule has 0 unspecified atom stereocenters. The van der Waals surface area contributed by atoms with E-state index in [9.17, 15) is 12.8 Å². The highest BCUT2D eigenvalue weighted by Gasteiger charge is 2.31. The number of hydrogen-bond acceptors (Lipinski definition) is 3. The highest BCUT2D eigenvalue weighted by molar-refractivity contribution is 7.89. The first-order valence-corrected chi connectivity index (χ1v) is 7.38. The van der Waals surface area contributed by atoms with Gasteiger partial charge in [-0.3, -0.25) is 0 Å². The molecule has 19 heavy (non-hydrogen) atoms. The van der Waals surface area contributed by atoms with Gasteiger partial charge in [-0.05, 0) is 37.0 Å². The monoisotopic (exact) mass is 282 g/mol. The van der Waals surface area contributed by atoms with E-state index in [0.717, 1.165) is 25.0 Å². The van der Waals surface area contributed by atoms with Gasteiger partial charge in [0.2, 0.25) is 10.0 Å². The topological polar surface area (TPSA) is 63.4 Å². The van der Waals surface area contributed by atoms with Crippen molar-refractivity contribution in [2.24, 2.45) is 5.92 Å². The van der Waals surface area contributed by atoms with Gasteiger partial charge in [-0.1, -0.05) is 5.92 Å². The Balaban J connectivity index is 2.32. The van der Waals surface area contributed by atoms with Gasteiger partial charge in [0.25, 0.3) is 0 Å². The zero-order valence-electron chi connectivity index (χ0n) is 10.3. The summed E-state index contributed by atoms with van der Waals surface area (Å²) in [5.41, 5.74) is 5.22. The van der Waals surface area contributed by atoms with Crippen LogP contribution in [0.25, 0.3) is 0 Å². The van der Waals surface area contributed by atoms with Crippen LogP contribution in [0.5, 0.6) is 0 Å². The summed E-state index contributed by atoms with van der Waals surface area (Å²) in [7, 11) is -3.71. The molecule has 0 amide bonds. The summed E-state index contributed by atoms with van der Waals surface area (Å²) in [6.45, 7) is 0.417. The summed E-state index contributed by atoms with van der Waals surface area (Å²) in [6.07, 6.45) is 7.25. The molecule has 1 saturated carbocycles. The van der Waals surface area contributed by atoms with E-state index in [-0.39, 0.29) is 17.1 Å². The SMILES string of the molecule is C#CCN(CC1CC1)S(=O)(=O)c1ccc(F)c(N)c1. The van der Waals surface area contributed by atoms with Crippen LogP contribution in [-0.2, 0) is 10.0 Å². The third-order valence-corrected chi connectivity index (χ3v) is 4.84. The second kappa shape index (κ2) is 5.19. The normalized spacial score (nSPS) is 15.4. The van der Waals surface area contributed by atoms with E-state index in [0.29, 0.717) is 12.5 Å². The lowest BCUT2D eigenvalue weighted by molar-refractivity contribution is 0.430. The Bertz CT molecular complexity index is 618. The summed E-state index contributed by atoms with van der Waals surface area (Å²) < 4.78 is 39.1. The number of anilines is 1. The largest absolute Gasteiger partial charge is 0.396 e. The maximum Gasteiger partial charge on any atom is 0.244 e. The van der Waals surface area contributed by atoms with Gasteiger partial charge in [-0.15, -0.1) is 6.42 Å². The first-order valence-electron chi connectivity index (χ1n) is 5.94. The summed E-state index contributed by atoms with van der Waals surface area (Å²) in [5.74, 6) is 2.09. The highest BCUT2D eigenvalue weighted by Crippen LogP contribution is 2.31. The van der Waals surface area contributed by atoms with Crippen LogP contribution >= 0.6 is 0 Å². The number of terminal acetylenes is 1. The fourth-order valence-electron chi connectivity index (χ4n) is 1.77. The molecular weight excluding hydrogens is 267 g/mol. The molecule has 0 heterocycles. The number of hydrogen-bond donors (Lipinski definition) is 1. The van der Waals surface area contributed by atoms with Gasteiger partial charge in [0.05, 0.1) is 17.1 Å². The van der Waals surface area contributed by atoms with Crippen LogP contribution < -0.4 is 5.73 Å². The minimum Gasteiger partial charge on any atom is -0.396 e. The van der Waals surface area contributed by atoms with Gasteiger partial charge in [-0.25, -0.2) is 12.8 Å². The standard InChI is InChI=1S/C13H15FN2O2S/c1-2-7-16(9-10-3-4-10)19(17,18)11-5-6-12(14)13(15)8-11/h1,5-6,8,10H,3-4,7,9,15H2. The van der Waals surface area contributed by atoms with E-state index in [1.54, 1.807) is 0 Å². The van der Waals surface area contributed by atoms with Gasteiger partial charge in [0, 0.05) is 6.54 Å². The Hall–Kier alpha value is -1.58. The molecule has 1 fully saturated rings. The molecule has 0 atom stereocenters. The second-order valence-electron chi connectivity index (χ2n) is 4.63. The fraction of sp³-hybridized carbons (Fsp3) is 0.385. The molecule has 1 aliphatic rings. The molecule has 1 aliphatic carbocycles. The number of halogens is 1. The lowest BCUT2D eigenvalue weighted by Crippen LogP contribution is -2.33. The maximum atomic E-state index is 13.1. The second-order valence-corrected chi connectivity index (χ2v) is 6.57. The van der Waals surface area contributed by atoms with Crippen LogP contribution in [0.15, 0.2) is 23.1 Å². The molecule has 0 spiro atoms. The molecule has 1 aromatic carbocycles. The highest BCUT2D eigenvalue weighted by atomic mass is 32.2. The van der Waals surface area contributed by atoms with Crippen molar-refractivity contribution in [3.8, 4) is 12.3 Å². The smallest absolute Gasteiger partial charge is 0.244 e. The van der Waals surface area contributed by atoms with Gasteiger partial charge < -0.3 is 5.73 Å². The Morgan fingerprint density at radius 1 is 1.47 bits per heavy atom. The van der Waals surface area contributed by atoms with Gasteiger partial charge in [0.15, 0.2) is 0 Å². The Kier molecular flexibility index (Phi) is 3.78. The van der Waals surface area contributed by atoms with Crippen LogP contribution in [0.4, 0.5) is 10.1 Å². The number of nitrogen functional groups attached to an aromatic ring is 1. The number of benzene rings is 1. The van der Waals surface area contributed by atoms with Gasteiger partial charge in [0.1, 0.15) is 5.82 Å². The molecule has 4 nitrogen and oxygen atoms in total. The number of nitrogens with two attached hydrogens (primary N) is 1. The van der Waals surface area contributed by atoms with Gasteiger partial charge >= 0.3 is 0 Å². The number of sulfonamides is 1. The van der Waals surface area contributed by atoms with Crippen molar-refractivity contribution in [2.45, 2.75) is 17.7 Å². The predicted octanol–water partition coefficient (Wildman–Crippen LogP) is 1.44. The third kappa shape index (κ3) is 3.06. The van der Waals surface area contributed by atoms with Crippen molar-refractivity contribution in [3.63, 3.8) is 0 Å². The average molecular weight is 282 g/mol. The van der Waals surface area contributed by atoms with E-state index >= 15 is 0 Å². The molecular formula is C13H15FN2O2S. The molecule has 1 aromatic rings. The molecule has 0 radical (unpaired) electrons. The molecule has 2 N–H and O–H groups in total.